The third-order valence-corrected chi connectivity index (χ3v) is 2.31. The number of hydrogen-bond acceptors (Lipinski definition) is 3. The number of alkyl carbamates (subject to hydrolysis) is 1. The molecular weight excluding hydrogens is 156 g/mol. The van der Waals surface area contributed by atoms with E-state index in [1.807, 2.05) is 0 Å². The molecule has 0 spiro atoms. The molecule has 1 amide bonds. The predicted molar refractivity (Wildman–Crippen MR) is 45.8 cm³/mol. The first-order valence-electron chi connectivity index (χ1n) is 4.34. The van der Waals surface area contributed by atoms with Crippen LogP contribution in [-0.2, 0) is 4.74 Å². The second-order valence-corrected chi connectivity index (χ2v) is 3.19. The van der Waals surface area contributed by atoms with Crippen LogP contribution in [0.4, 0.5) is 4.79 Å². The molecule has 0 radical (unpaired) electrons. The number of nitrogens with one attached hydrogen (secondary N) is 1. The number of methoxy groups -OCH3 is 1. The molecule has 1 saturated carbocycles. The van der Waals surface area contributed by atoms with Crippen LogP contribution in [0.5, 0.6) is 0 Å². The highest BCUT2D eigenvalue weighted by Gasteiger charge is 2.23. The molecule has 1 fully saturated rings. The van der Waals surface area contributed by atoms with Crippen molar-refractivity contribution in [3.8, 4) is 0 Å². The van der Waals surface area contributed by atoms with Crippen molar-refractivity contribution in [1.82, 2.24) is 5.32 Å². The highest BCUT2D eigenvalue weighted by molar-refractivity contribution is 5.67. The quantitative estimate of drug-likeness (QED) is 0.609. The molecule has 4 heteroatoms. The molecule has 0 bridgehead atoms. The third-order valence-electron chi connectivity index (χ3n) is 2.31. The molecule has 0 saturated heterocycles. The summed E-state index contributed by atoms with van der Waals surface area (Å²) in [5, 5.41) is 2.73. The van der Waals surface area contributed by atoms with Crippen molar-refractivity contribution in [3.05, 3.63) is 0 Å². The Kier molecular flexibility index (Phi) is 3.34. The number of amides is 1. The van der Waals surface area contributed by atoms with Gasteiger partial charge in [-0.25, -0.2) is 4.79 Å². The first kappa shape index (κ1) is 9.32. The molecule has 70 valence electrons. The standard InChI is InChI=1S/C8H16N2O2/c1-12-8(11)10-7-5-3-2-4-6(7)9/h6-7H,2-5,9H2,1H3,(H,10,11)/t6-,7-/m1/s1. The molecule has 3 N–H and O–H groups in total. The zero-order chi connectivity index (χ0) is 8.97. The monoisotopic (exact) mass is 172 g/mol. The number of rotatable bonds is 1. The second kappa shape index (κ2) is 4.30. The summed E-state index contributed by atoms with van der Waals surface area (Å²) in [6.07, 6.45) is 3.89. The lowest BCUT2D eigenvalue weighted by molar-refractivity contribution is 0.161. The predicted octanol–water partition coefficient (Wildman–Crippen LogP) is 0.612. The van der Waals surface area contributed by atoms with Crippen molar-refractivity contribution in [2.24, 2.45) is 5.73 Å². The highest BCUT2D eigenvalue weighted by Crippen LogP contribution is 2.16. The Morgan fingerprint density at radius 2 is 2.17 bits per heavy atom. The topological polar surface area (TPSA) is 64.3 Å². The summed E-state index contributed by atoms with van der Waals surface area (Å²) in [4.78, 5) is 10.8. The lowest BCUT2D eigenvalue weighted by Crippen LogP contribution is -2.49. The number of carbonyl (C=O) groups excluding carboxylic acids is 1. The molecule has 1 aliphatic rings. The van der Waals surface area contributed by atoms with Crippen LogP contribution >= 0.6 is 0 Å². The van der Waals surface area contributed by atoms with Gasteiger partial charge in [0, 0.05) is 12.1 Å². The summed E-state index contributed by atoms with van der Waals surface area (Å²) in [6, 6.07) is 0.198. The lowest BCUT2D eigenvalue weighted by atomic mass is 9.91. The largest absolute Gasteiger partial charge is 0.453 e. The van der Waals surface area contributed by atoms with Gasteiger partial charge in [-0.1, -0.05) is 12.8 Å². The maximum Gasteiger partial charge on any atom is 0.407 e. The summed E-state index contributed by atoms with van der Waals surface area (Å²) in [7, 11) is 1.36. The smallest absolute Gasteiger partial charge is 0.407 e. The third kappa shape index (κ3) is 2.37. The van der Waals surface area contributed by atoms with E-state index in [0.717, 1.165) is 19.3 Å². The van der Waals surface area contributed by atoms with Gasteiger partial charge in [-0.2, -0.15) is 0 Å². The molecular formula is C8H16N2O2. The SMILES string of the molecule is COC(=O)N[C@@H]1CCCC[C@H]1N. The molecule has 0 aliphatic heterocycles. The first-order valence-corrected chi connectivity index (χ1v) is 4.34. The van der Waals surface area contributed by atoms with E-state index in [2.05, 4.69) is 10.1 Å². The highest BCUT2D eigenvalue weighted by atomic mass is 16.5. The van der Waals surface area contributed by atoms with Gasteiger partial charge in [0.2, 0.25) is 0 Å². The molecule has 0 heterocycles. The van der Waals surface area contributed by atoms with E-state index < -0.39 is 0 Å². The average Bonchev–Trinajstić information content (AvgIpc) is 2.09. The van der Waals surface area contributed by atoms with Gasteiger partial charge in [0.25, 0.3) is 0 Å². The zero-order valence-electron chi connectivity index (χ0n) is 7.38. The van der Waals surface area contributed by atoms with Crippen molar-refractivity contribution in [3.63, 3.8) is 0 Å². The minimum absolute atomic E-state index is 0.0952. The molecule has 2 atom stereocenters. The fraction of sp³-hybridized carbons (Fsp3) is 0.875. The van der Waals surface area contributed by atoms with E-state index in [9.17, 15) is 4.79 Å². The average molecular weight is 172 g/mol. The van der Waals surface area contributed by atoms with E-state index >= 15 is 0 Å². The first-order chi connectivity index (χ1) is 5.74. The minimum atomic E-state index is -0.377. The van der Waals surface area contributed by atoms with Gasteiger partial charge < -0.3 is 15.8 Å². The normalized spacial score (nSPS) is 29.5. The van der Waals surface area contributed by atoms with E-state index in [4.69, 9.17) is 5.73 Å². The van der Waals surface area contributed by atoms with E-state index in [1.165, 1.54) is 13.5 Å². The lowest BCUT2D eigenvalue weighted by Gasteiger charge is -2.28. The van der Waals surface area contributed by atoms with Gasteiger partial charge >= 0.3 is 6.09 Å². The van der Waals surface area contributed by atoms with Gasteiger partial charge in [0.15, 0.2) is 0 Å². The number of hydrogen-bond donors (Lipinski definition) is 2. The molecule has 4 nitrogen and oxygen atoms in total. The molecule has 0 aromatic rings. The van der Waals surface area contributed by atoms with Crippen LogP contribution < -0.4 is 11.1 Å². The van der Waals surface area contributed by atoms with Crippen molar-refractivity contribution < 1.29 is 9.53 Å². The fourth-order valence-corrected chi connectivity index (χ4v) is 1.55. The van der Waals surface area contributed by atoms with Crippen LogP contribution in [0.1, 0.15) is 25.7 Å². The Balaban J connectivity index is 2.33. The maximum atomic E-state index is 10.8. The molecule has 0 aromatic heterocycles. The summed E-state index contributed by atoms with van der Waals surface area (Å²) < 4.78 is 4.50. The molecule has 1 aliphatic carbocycles. The van der Waals surface area contributed by atoms with Crippen LogP contribution in [0.15, 0.2) is 0 Å². The van der Waals surface area contributed by atoms with Crippen molar-refractivity contribution in [2.75, 3.05) is 7.11 Å². The number of carbonyl (C=O) groups is 1. The van der Waals surface area contributed by atoms with Gasteiger partial charge in [-0.05, 0) is 12.8 Å². The summed E-state index contributed by atoms with van der Waals surface area (Å²) in [5.41, 5.74) is 5.81. The molecule has 0 unspecified atom stereocenters. The Labute approximate surface area is 72.5 Å². The van der Waals surface area contributed by atoms with Gasteiger partial charge in [-0.15, -0.1) is 0 Å². The van der Waals surface area contributed by atoms with Gasteiger partial charge in [-0.3, -0.25) is 0 Å². The fourth-order valence-electron chi connectivity index (χ4n) is 1.55. The van der Waals surface area contributed by atoms with Crippen LogP contribution in [0.25, 0.3) is 0 Å². The van der Waals surface area contributed by atoms with E-state index in [1.54, 1.807) is 0 Å². The summed E-state index contributed by atoms with van der Waals surface area (Å²) in [5.74, 6) is 0. The zero-order valence-corrected chi connectivity index (χ0v) is 7.38. The molecule has 0 aromatic carbocycles. The number of nitrogens with two attached hydrogens (primary N) is 1. The Bertz CT molecular complexity index is 161. The maximum absolute atomic E-state index is 10.8. The van der Waals surface area contributed by atoms with Gasteiger partial charge in [0.05, 0.1) is 7.11 Å². The van der Waals surface area contributed by atoms with Crippen molar-refractivity contribution >= 4 is 6.09 Å². The van der Waals surface area contributed by atoms with Crippen molar-refractivity contribution in [2.45, 2.75) is 37.8 Å². The second-order valence-electron chi connectivity index (χ2n) is 3.19. The van der Waals surface area contributed by atoms with Crippen LogP contribution in [-0.4, -0.2) is 25.3 Å². The molecule has 1 rings (SSSR count). The Hall–Kier alpha value is -0.770. The Morgan fingerprint density at radius 1 is 1.50 bits per heavy atom. The van der Waals surface area contributed by atoms with Crippen molar-refractivity contribution in [1.29, 1.82) is 0 Å². The summed E-state index contributed by atoms with van der Waals surface area (Å²) in [6.45, 7) is 0. The van der Waals surface area contributed by atoms with E-state index in [0.29, 0.717) is 0 Å². The molecule has 12 heavy (non-hydrogen) atoms. The minimum Gasteiger partial charge on any atom is -0.453 e. The Morgan fingerprint density at radius 3 is 2.75 bits per heavy atom. The number of ether oxygens (including phenoxy) is 1. The van der Waals surface area contributed by atoms with Gasteiger partial charge in [0.1, 0.15) is 0 Å². The van der Waals surface area contributed by atoms with Crippen LogP contribution in [0.3, 0.4) is 0 Å². The summed E-state index contributed by atoms with van der Waals surface area (Å²) >= 11 is 0. The van der Waals surface area contributed by atoms with Crippen LogP contribution in [0, 0.1) is 0 Å². The van der Waals surface area contributed by atoms with Crippen LogP contribution in [0.2, 0.25) is 0 Å². The van der Waals surface area contributed by atoms with E-state index in [-0.39, 0.29) is 18.2 Å².